The third-order valence-electron chi connectivity index (χ3n) is 1.98. The molecule has 0 spiro atoms. The molecule has 0 fully saturated rings. The first-order valence-electron chi connectivity index (χ1n) is 4.44. The maximum absolute atomic E-state index is 12.2. The van der Waals surface area contributed by atoms with E-state index in [1.807, 2.05) is 0 Å². The number of sulfonamides is 1. The van der Waals surface area contributed by atoms with E-state index >= 15 is 0 Å². The zero-order chi connectivity index (χ0) is 13.2. The summed E-state index contributed by atoms with van der Waals surface area (Å²) in [5.74, 6) is 0. The summed E-state index contributed by atoms with van der Waals surface area (Å²) in [6.45, 7) is -0.832. The highest BCUT2D eigenvalue weighted by molar-refractivity contribution is 9.11. The number of alkyl halides is 2. The quantitative estimate of drug-likeness (QED) is 0.789. The second-order valence-electron chi connectivity index (χ2n) is 3.25. The van der Waals surface area contributed by atoms with E-state index in [1.54, 1.807) is 6.07 Å². The Bertz CT molecular complexity index is 508. The fourth-order valence-corrected chi connectivity index (χ4v) is 3.74. The van der Waals surface area contributed by atoms with E-state index < -0.39 is 23.0 Å². The van der Waals surface area contributed by atoms with Crippen molar-refractivity contribution in [2.24, 2.45) is 0 Å². The molecule has 0 unspecified atom stereocenters. The number of halogens is 4. The van der Waals surface area contributed by atoms with Crippen LogP contribution in [0, 0.1) is 0 Å². The molecule has 3 nitrogen and oxygen atoms in total. The van der Waals surface area contributed by atoms with E-state index in [-0.39, 0.29) is 4.90 Å². The second-order valence-corrected chi connectivity index (χ2v) is 7.03. The molecule has 0 radical (unpaired) electrons. The van der Waals surface area contributed by atoms with Gasteiger partial charge in [0, 0.05) is 16.0 Å². The fraction of sp³-hybridized carbons (Fsp3) is 0.333. The Hall–Kier alpha value is -0.0500. The van der Waals surface area contributed by atoms with Gasteiger partial charge in [0.05, 0.1) is 11.4 Å². The number of hydrogen-bond donors (Lipinski definition) is 0. The molecule has 0 N–H and O–H groups in total. The first-order valence-corrected chi connectivity index (χ1v) is 7.47. The van der Waals surface area contributed by atoms with Crippen LogP contribution in [0.5, 0.6) is 0 Å². The minimum absolute atomic E-state index is 0.0463. The number of rotatable bonds is 4. The normalized spacial score (nSPS) is 12.4. The van der Waals surface area contributed by atoms with Crippen molar-refractivity contribution < 1.29 is 17.2 Å². The average molecular weight is 393 g/mol. The maximum atomic E-state index is 12.2. The van der Waals surface area contributed by atoms with Gasteiger partial charge in [0.25, 0.3) is 6.43 Å². The Morgan fingerprint density at radius 2 is 1.94 bits per heavy atom. The summed E-state index contributed by atoms with van der Waals surface area (Å²) in [4.78, 5) is -0.0463. The van der Waals surface area contributed by atoms with Gasteiger partial charge in [0.15, 0.2) is 0 Å². The average Bonchev–Trinajstić information content (AvgIpc) is 2.20. The lowest BCUT2D eigenvalue weighted by Gasteiger charge is -2.17. The smallest absolute Gasteiger partial charge is 0.209 e. The highest BCUT2D eigenvalue weighted by Gasteiger charge is 2.25. The largest absolute Gasteiger partial charge is 0.252 e. The lowest BCUT2D eigenvalue weighted by molar-refractivity contribution is 0.126. The summed E-state index contributed by atoms with van der Waals surface area (Å²) in [6.07, 6.45) is -2.71. The molecule has 0 atom stereocenters. The van der Waals surface area contributed by atoms with Crippen molar-refractivity contribution in [2.75, 3.05) is 13.6 Å². The van der Waals surface area contributed by atoms with Crippen LogP contribution in [0.25, 0.3) is 0 Å². The van der Waals surface area contributed by atoms with Gasteiger partial charge in [-0.25, -0.2) is 17.2 Å². The molecule has 0 aliphatic carbocycles. The molecule has 0 aliphatic heterocycles. The van der Waals surface area contributed by atoms with Crippen molar-refractivity contribution in [1.82, 2.24) is 4.31 Å². The van der Waals surface area contributed by atoms with E-state index in [4.69, 9.17) is 0 Å². The molecule has 0 heterocycles. The topological polar surface area (TPSA) is 37.4 Å². The maximum Gasteiger partial charge on any atom is 0.252 e. The van der Waals surface area contributed by atoms with Crippen LogP contribution in [0.2, 0.25) is 0 Å². The van der Waals surface area contributed by atoms with E-state index in [0.717, 1.165) is 7.05 Å². The number of nitrogens with zero attached hydrogens (tertiary/aromatic N) is 1. The van der Waals surface area contributed by atoms with Crippen LogP contribution in [0.3, 0.4) is 0 Å². The summed E-state index contributed by atoms with van der Waals surface area (Å²) < 4.78 is 49.9. The molecule has 0 aliphatic rings. The van der Waals surface area contributed by atoms with Crippen molar-refractivity contribution in [1.29, 1.82) is 0 Å². The van der Waals surface area contributed by atoms with Crippen molar-refractivity contribution in [3.05, 3.63) is 27.1 Å². The molecule has 96 valence electrons. The third kappa shape index (κ3) is 3.70. The molecule has 0 saturated carbocycles. The van der Waals surface area contributed by atoms with Gasteiger partial charge in [-0.3, -0.25) is 0 Å². The highest BCUT2D eigenvalue weighted by Crippen LogP contribution is 2.27. The lowest BCUT2D eigenvalue weighted by Crippen LogP contribution is -2.31. The Balaban J connectivity index is 3.17. The summed E-state index contributed by atoms with van der Waals surface area (Å²) in [5.41, 5.74) is 0. The summed E-state index contributed by atoms with van der Waals surface area (Å²) in [6, 6.07) is 4.55. The van der Waals surface area contributed by atoms with Crippen molar-refractivity contribution >= 4 is 41.9 Å². The molecular formula is C9H9Br2F2NO2S. The van der Waals surface area contributed by atoms with Crippen LogP contribution in [-0.2, 0) is 10.0 Å². The Labute approximate surface area is 115 Å². The minimum atomic E-state index is -3.91. The second kappa shape index (κ2) is 5.73. The van der Waals surface area contributed by atoms with Crippen molar-refractivity contribution in [3.8, 4) is 0 Å². The van der Waals surface area contributed by atoms with Crippen LogP contribution in [-0.4, -0.2) is 32.7 Å². The van der Waals surface area contributed by atoms with Crippen molar-refractivity contribution in [2.45, 2.75) is 11.3 Å². The van der Waals surface area contributed by atoms with E-state index in [9.17, 15) is 17.2 Å². The van der Waals surface area contributed by atoms with Crippen LogP contribution < -0.4 is 0 Å². The first-order chi connectivity index (χ1) is 7.75. The van der Waals surface area contributed by atoms with Gasteiger partial charge in [0.2, 0.25) is 10.0 Å². The SMILES string of the molecule is CN(CC(F)F)S(=O)(=O)c1cc(Br)ccc1Br. The predicted octanol–water partition coefficient (Wildman–Crippen LogP) is 3.10. The van der Waals surface area contributed by atoms with E-state index in [2.05, 4.69) is 31.9 Å². The molecule has 0 bridgehead atoms. The molecule has 8 heteroatoms. The third-order valence-corrected chi connectivity index (χ3v) is 5.29. The summed E-state index contributed by atoms with van der Waals surface area (Å²) in [7, 11) is -2.79. The lowest BCUT2D eigenvalue weighted by atomic mass is 10.4. The van der Waals surface area contributed by atoms with Gasteiger partial charge in [-0.15, -0.1) is 0 Å². The summed E-state index contributed by atoms with van der Waals surface area (Å²) in [5, 5.41) is 0. The van der Waals surface area contributed by atoms with Crippen LogP contribution in [0.4, 0.5) is 8.78 Å². The van der Waals surface area contributed by atoms with Gasteiger partial charge < -0.3 is 0 Å². The molecule has 0 amide bonds. The highest BCUT2D eigenvalue weighted by atomic mass is 79.9. The Kier molecular flexibility index (Phi) is 5.06. The Morgan fingerprint density at radius 3 is 2.47 bits per heavy atom. The minimum Gasteiger partial charge on any atom is -0.209 e. The molecule has 1 aromatic rings. The monoisotopic (exact) mass is 391 g/mol. The Morgan fingerprint density at radius 1 is 1.35 bits per heavy atom. The van der Waals surface area contributed by atoms with E-state index in [0.29, 0.717) is 13.3 Å². The van der Waals surface area contributed by atoms with E-state index in [1.165, 1.54) is 12.1 Å². The predicted molar refractivity (Wildman–Crippen MR) is 67.7 cm³/mol. The number of benzene rings is 1. The standard InChI is InChI=1S/C9H9Br2F2NO2S/c1-14(5-9(12)13)17(15,16)8-4-6(10)2-3-7(8)11/h2-4,9H,5H2,1H3. The van der Waals surface area contributed by atoms with Crippen LogP contribution in [0.1, 0.15) is 0 Å². The first kappa shape index (κ1) is 15.0. The molecule has 1 aromatic carbocycles. The van der Waals surface area contributed by atoms with Crippen LogP contribution >= 0.6 is 31.9 Å². The number of hydrogen-bond acceptors (Lipinski definition) is 2. The molecule has 0 aromatic heterocycles. The van der Waals surface area contributed by atoms with Crippen LogP contribution in [0.15, 0.2) is 32.0 Å². The molecule has 1 rings (SSSR count). The zero-order valence-corrected chi connectivity index (χ0v) is 12.7. The van der Waals surface area contributed by atoms with Gasteiger partial charge in [-0.05, 0) is 34.1 Å². The van der Waals surface area contributed by atoms with Gasteiger partial charge in [-0.1, -0.05) is 15.9 Å². The van der Waals surface area contributed by atoms with Crippen molar-refractivity contribution in [3.63, 3.8) is 0 Å². The summed E-state index contributed by atoms with van der Waals surface area (Å²) >= 11 is 6.22. The van der Waals surface area contributed by atoms with Gasteiger partial charge in [0.1, 0.15) is 0 Å². The van der Waals surface area contributed by atoms with Gasteiger partial charge in [-0.2, -0.15) is 4.31 Å². The zero-order valence-electron chi connectivity index (χ0n) is 8.70. The molecule has 17 heavy (non-hydrogen) atoms. The van der Waals surface area contributed by atoms with Gasteiger partial charge >= 0.3 is 0 Å². The molecule has 0 saturated heterocycles. The fourth-order valence-electron chi connectivity index (χ4n) is 1.14. The molecular weight excluding hydrogens is 384 g/mol.